The molecule has 10 nitrogen and oxygen atoms in total. The highest BCUT2D eigenvalue weighted by atomic mass is 16.5. The molecule has 10 heteroatoms. The fourth-order valence-electron chi connectivity index (χ4n) is 4.29. The lowest BCUT2D eigenvalue weighted by Crippen LogP contribution is -2.45. The van der Waals surface area contributed by atoms with Crippen LogP contribution in [0.3, 0.4) is 0 Å². The number of benzene rings is 1. The van der Waals surface area contributed by atoms with Gasteiger partial charge in [-0.05, 0) is 31.5 Å². The Kier molecular flexibility index (Phi) is 5.32. The summed E-state index contributed by atoms with van der Waals surface area (Å²) in [5, 5.41) is 4.12. The molecule has 1 fully saturated rings. The molecule has 0 saturated carbocycles. The molecule has 1 aliphatic heterocycles. The van der Waals surface area contributed by atoms with E-state index in [0.29, 0.717) is 29.9 Å². The molecule has 166 valence electrons. The number of nitrogens with zero attached hydrogens (tertiary/aromatic N) is 7. The molecule has 0 unspecified atom stereocenters. The van der Waals surface area contributed by atoms with Gasteiger partial charge in [0.05, 0.1) is 37.8 Å². The van der Waals surface area contributed by atoms with E-state index in [1.165, 1.54) is 10.8 Å². The Balaban J connectivity index is 1.55. The van der Waals surface area contributed by atoms with Crippen LogP contribution >= 0.6 is 0 Å². The first-order valence-electron chi connectivity index (χ1n) is 10.6. The molecule has 0 N–H and O–H groups in total. The van der Waals surface area contributed by atoms with Crippen molar-refractivity contribution in [2.75, 3.05) is 20.2 Å². The minimum absolute atomic E-state index is 0.171. The molecule has 0 amide bonds. The maximum atomic E-state index is 13.1. The van der Waals surface area contributed by atoms with Crippen molar-refractivity contribution in [1.82, 2.24) is 34.0 Å². The Labute approximate surface area is 184 Å². The predicted molar refractivity (Wildman–Crippen MR) is 118 cm³/mol. The molecule has 1 aliphatic rings. The predicted octanol–water partition coefficient (Wildman–Crippen LogP) is 1.50. The summed E-state index contributed by atoms with van der Waals surface area (Å²) in [4.78, 5) is 29.2. The number of ether oxygens (including phenoxy) is 2. The summed E-state index contributed by atoms with van der Waals surface area (Å²) in [5.41, 5.74) is 2.91. The van der Waals surface area contributed by atoms with Crippen molar-refractivity contribution in [3.05, 3.63) is 58.5 Å². The summed E-state index contributed by atoms with van der Waals surface area (Å²) >= 11 is 0. The monoisotopic (exact) mass is 435 g/mol. The summed E-state index contributed by atoms with van der Waals surface area (Å²) in [6.07, 6.45) is 3.45. The molecule has 0 spiro atoms. The molecule has 1 saturated heterocycles. The van der Waals surface area contributed by atoms with Crippen LogP contribution in [0.2, 0.25) is 0 Å². The minimum Gasteiger partial charge on any atom is -0.497 e. The van der Waals surface area contributed by atoms with E-state index in [9.17, 15) is 4.79 Å². The van der Waals surface area contributed by atoms with E-state index in [-0.39, 0.29) is 17.9 Å². The first-order chi connectivity index (χ1) is 15.5. The molecule has 32 heavy (non-hydrogen) atoms. The maximum Gasteiger partial charge on any atom is 0.352 e. The fraction of sp³-hybridized carbons (Fsp3) is 0.409. The van der Waals surface area contributed by atoms with Gasteiger partial charge in [-0.2, -0.15) is 9.61 Å². The van der Waals surface area contributed by atoms with E-state index in [1.807, 2.05) is 24.3 Å². The molecular weight excluding hydrogens is 410 g/mol. The quantitative estimate of drug-likeness (QED) is 0.465. The van der Waals surface area contributed by atoms with Crippen LogP contribution in [0.4, 0.5) is 0 Å². The van der Waals surface area contributed by atoms with E-state index in [4.69, 9.17) is 14.5 Å². The average molecular weight is 435 g/mol. The van der Waals surface area contributed by atoms with Gasteiger partial charge in [0.15, 0.2) is 16.8 Å². The SMILES string of the molecule is COc1ccc(Cn2c(=O)n3ncnc3c3nc(CN4C[C@@H](C)O[C@@H](C)C4)cnc32)cc1. The number of rotatable bonds is 5. The van der Waals surface area contributed by atoms with E-state index in [2.05, 4.69) is 33.8 Å². The Bertz CT molecular complexity index is 1310. The zero-order chi connectivity index (χ0) is 22.2. The van der Waals surface area contributed by atoms with Gasteiger partial charge >= 0.3 is 5.69 Å². The van der Waals surface area contributed by atoms with Crippen molar-refractivity contribution < 1.29 is 9.47 Å². The highest BCUT2D eigenvalue weighted by Gasteiger charge is 2.23. The molecule has 5 rings (SSSR count). The Hall–Kier alpha value is -3.37. The molecule has 4 heterocycles. The van der Waals surface area contributed by atoms with Crippen LogP contribution in [-0.2, 0) is 17.8 Å². The van der Waals surface area contributed by atoms with Crippen molar-refractivity contribution in [3.63, 3.8) is 0 Å². The van der Waals surface area contributed by atoms with Gasteiger partial charge in [-0.25, -0.2) is 19.7 Å². The van der Waals surface area contributed by atoms with Gasteiger partial charge in [-0.3, -0.25) is 9.47 Å². The molecule has 1 aromatic carbocycles. The minimum atomic E-state index is -0.307. The number of aromatic nitrogens is 6. The number of hydrogen-bond donors (Lipinski definition) is 0. The van der Waals surface area contributed by atoms with Gasteiger partial charge in [0.1, 0.15) is 12.1 Å². The second-order valence-corrected chi connectivity index (χ2v) is 8.20. The van der Waals surface area contributed by atoms with E-state index in [1.54, 1.807) is 17.9 Å². The second-order valence-electron chi connectivity index (χ2n) is 8.20. The Morgan fingerprint density at radius 2 is 1.81 bits per heavy atom. The third kappa shape index (κ3) is 3.82. The Morgan fingerprint density at radius 3 is 2.53 bits per heavy atom. The van der Waals surface area contributed by atoms with Crippen LogP contribution < -0.4 is 10.4 Å². The average Bonchev–Trinajstić information content (AvgIpc) is 3.27. The number of methoxy groups -OCH3 is 1. The largest absolute Gasteiger partial charge is 0.497 e. The van der Waals surface area contributed by atoms with Gasteiger partial charge < -0.3 is 9.47 Å². The lowest BCUT2D eigenvalue weighted by molar-refractivity contribution is -0.0707. The van der Waals surface area contributed by atoms with E-state index in [0.717, 1.165) is 30.1 Å². The second kappa shape index (κ2) is 8.29. The fourth-order valence-corrected chi connectivity index (χ4v) is 4.29. The number of morpholine rings is 1. The summed E-state index contributed by atoms with van der Waals surface area (Å²) in [7, 11) is 1.62. The van der Waals surface area contributed by atoms with Gasteiger partial charge in [-0.15, -0.1) is 0 Å². The van der Waals surface area contributed by atoms with Crippen LogP contribution in [0.25, 0.3) is 16.8 Å². The third-order valence-corrected chi connectivity index (χ3v) is 5.61. The van der Waals surface area contributed by atoms with Gasteiger partial charge in [0.2, 0.25) is 0 Å². The van der Waals surface area contributed by atoms with Crippen molar-refractivity contribution in [2.45, 2.75) is 39.1 Å². The highest BCUT2D eigenvalue weighted by Crippen LogP contribution is 2.18. The summed E-state index contributed by atoms with van der Waals surface area (Å²) in [6.45, 7) is 6.81. The zero-order valence-corrected chi connectivity index (χ0v) is 18.3. The molecule has 2 atom stereocenters. The topological polar surface area (TPSA) is 99.7 Å². The molecule has 0 bridgehead atoms. The van der Waals surface area contributed by atoms with Crippen LogP contribution in [0, 0.1) is 0 Å². The van der Waals surface area contributed by atoms with Crippen LogP contribution in [-0.4, -0.2) is 66.4 Å². The standard InChI is InChI=1S/C22H25N7O3/c1-14-9-27(10-15(2)32-14)12-17-8-23-20-19(26-17)21-24-13-25-29(21)22(30)28(20)11-16-4-6-18(31-3)7-5-16/h4-8,13-15H,9-12H2,1-3H3/t14-,15+. The van der Waals surface area contributed by atoms with Gasteiger partial charge in [0, 0.05) is 19.6 Å². The highest BCUT2D eigenvalue weighted by molar-refractivity contribution is 5.84. The first-order valence-corrected chi connectivity index (χ1v) is 10.6. The van der Waals surface area contributed by atoms with Crippen molar-refractivity contribution in [1.29, 1.82) is 0 Å². The molecule has 0 radical (unpaired) electrons. The van der Waals surface area contributed by atoms with Crippen LogP contribution in [0.1, 0.15) is 25.1 Å². The van der Waals surface area contributed by atoms with Gasteiger partial charge in [0.25, 0.3) is 0 Å². The summed E-state index contributed by atoms with van der Waals surface area (Å²) < 4.78 is 13.9. The summed E-state index contributed by atoms with van der Waals surface area (Å²) in [6, 6.07) is 7.58. The summed E-state index contributed by atoms with van der Waals surface area (Å²) in [5.74, 6) is 0.758. The lowest BCUT2D eigenvalue weighted by atomic mass is 10.2. The van der Waals surface area contributed by atoms with E-state index >= 15 is 0 Å². The molecule has 3 aromatic heterocycles. The number of fused-ring (bicyclic) bond motifs is 3. The van der Waals surface area contributed by atoms with Crippen molar-refractivity contribution in [3.8, 4) is 5.75 Å². The first kappa shape index (κ1) is 20.5. The van der Waals surface area contributed by atoms with Crippen molar-refractivity contribution >= 4 is 16.8 Å². The van der Waals surface area contributed by atoms with Gasteiger partial charge in [-0.1, -0.05) is 12.1 Å². The third-order valence-electron chi connectivity index (χ3n) is 5.61. The zero-order valence-electron chi connectivity index (χ0n) is 18.3. The van der Waals surface area contributed by atoms with Crippen molar-refractivity contribution in [2.24, 2.45) is 0 Å². The molecule has 0 aliphatic carbocycles. The van der Waals surface area contributed by atoms with Crippen LogP contribution in [0.5, 0.6) is 5.75 Å². The molecule has 4 aromatic rings. The normalized spacial score (nSPS) is 19.6. The smallest absolute Gasteiger partial charge is 0.352 e. The van der Waals surface area contributed by atoms with E-state index < -0.39 is 0 Å². The maximum absolute atomic E-state index is 13.1. The molecular formula is C22H25N7O3. The van der Waals surface area contributed by atoms with Crippen LogP contribution in [0.15, 0.2) is 41.6 Å². The lowest BCUT2D eigenvalue weighted by Gasteiger charge is -2.35. The number of hydrogen-bond acceptors (Lipinski definition) is 8. The Morgan fingerprint density at radius 1 is 1.06 bits per heavy atom.